The van der Waals surface area contributed by atoms with Crippen LogP contribution in [0.5, 0.6) is 0 Å². The van der Waals surface area contributed by atoms with Gasteiger partial charge in [0.05, 0.1) is 6.54 Å². The quantitative estimate of drug-likeness (QED) is 0.561. The van der Waals surface area contributed by atoms with Crippen molar-refractivity contribution in [2.75, 3.05) is 5.75 Å². The first-order valence-electron chi connectivity index (χ1n) is 6.00. The fourth-order valence-electron chi connectivity index (χ4n) is 1.52. The van der Waals surface area contributed by atoms with Crippen LogP contribution in [0.25, 0.3) is 0 Å². The fourth-order valence-corrected chi connectivity index (χ4v) is 2.45. The zero-order chi connectivity index (χ0) is 11.8. The van der Waals surface area contributed by atoms with Gasteiger partial charge in [-0.3, -0.25) is 0 Å². The Morgan fingerprint density at radius 2 is 1.94 bits per heavy atom. The fraction of sp³-hybridized carbons (Fsp3) is 0.818. The number of rotatable bonds is 8. The molecule has 0 bridgehead atoms. The summed E-state index contributed by atoms with van der Waals surface area (Å²) in [6.45, 7) is 2.70. The molecule has 0 saturated heterocycles. The average molecular weight is 242 g/mol. The van der Waals surface area contributed by atoms with Crippen LogP contribution in [-0.4, -0.2) is 20.5 Å². The highest BCUT2D eigenvalue weighted by Crippen LogP contribution is 2.17. The second-order valence-corrected chi connectivity index (χ2v) is 4.99. The van der Waals surface area contributed by atoms with Crippen LogP contribution in [0.1, 0.15) is 44.9 Å². The van der Waals surface area contributed by atoms with E-state index in [1.165, 1.54) is 32.1 Å². The van der Waals surface area contributed by atoms with Crippen molar-refractivity contribution < 1.29 is 0 Å². The van der Waals surface area contributed by atoms with Crippen molar-refractivity contribution in [3.63, 3.8) is 0 Å². The molecule has 92 valence electrons. The average Bonchev–Trinajstić information content (AvgIpc) is 2.65. The molecule has 0 saturated carbocycles. The molecule has 0 aliphatic carbocycles. The number of hydrogen-bond donors (Lipinski definition) is 1. The predicted octanol–water partition coefficient (Wildman–Crippen LogP) is 2.34. The lowest BCUT2D eigenvalue weighted by atomic mass is 10.2. The van der Waals surface area contributed by atoms with Gasteiger partial charge >= 0.3 is 0 Å². The lowest BCUT2D eigenvalue weighted by Crippen LogP contribution is -2.05. The minimum atomic E-state index is 0.459. The number of nitrogens with zero attached hydrogens (tertiary/aromatic N) is 3. The monoisotopic (exact) mass is 242 g/mol. The smallest absolute Gasteiger partial charge is 0.190 e. The van der Waals surface area contributed by atoms with Crippen LogP contribution in [0.3, 0.4) is 0 Å². The molecule has 1 aromatic heterocycles. The van der Waals surface area contributed by atoms with Crippen molar-refractivity contribution in [1.82, 2.24) is 14.8 Å². The van der Waals surface area contributed by atoms with Crippen molar-refractivity contribution in [2.24, 2.45) is 12.8 Å². The summed E-state index contributed by atoms with van der Waals surface area (Å²) in [4.78, 5) is 0. The zero-order valence-electron chi connectivity index (χ0n) is 10.3. The highest BCUT2D eigenvalue weighted by atomic mass is 32.2. The standard InChI is InChI=1S/C11H22N4S/c1-3-4-5-6-7-8-16-11-14-13-10(9-12)15(11)2/h3-9,12H2,1-2H3. The third kappa shape index (κ3) is 4.14. The Labute approximate surface area is 102 Å². The number of nitrogens with two attached hydrogens (primary N) is 1. The molecule has 0 aromatic carbocycles. The Hall–Kier alpha value is -0.550. The van der Waals surface area contributed by atoms with E-state index >= 15 is 0 Å². The molecule has 0 aliphatic rings. The van der Waals surface area contributed by atoms with Crippen molar-refractivity contribution >= 4 is 11.8 Å². The second-order valence-electron chi connectivity index (χ2n) is 3.92. The van der Waals surface area contributed by atoms with Gasteiger partial charge in [0.15, 0.2) is 5.16 Å². The van der Waals surface area contributed by atoms with Crippen LogP contribution >= 0.6 is 11.8 Å². The lowest BCUT2D eigenvalue weighted by Gasteiger charge is -2.02. The molecule has 16 heavy (non-hydrogen) atoms. The van der Waals surface area contributed by atoms with Crippen LogP contribution in [-0.2, 0) is 13.6 Å². The van der Waals surface area contributed by atoms with Crippen LogP contribution in [0.2, 0.25) is 0 Å². The maximum absolute atomic E-state index is 5.54. The molecule has 1 aromatic rings. The van der Waals surface area contributed by atoms with Crippen LogP contribution in [0.15, 0.2) is 5.16 Å². The molecule has 1 rings (SSSR count). The SMILES string of the molecule is CCCCCCCSc1nnc(CN)n1C. The van der Waals surface area contributed by atoms with Gasteiger partial charge in [0.1, 0.15) is 5.82 Å². The van der Waals surface area contributed by atoms with E-state index < -0.39 is 0 Å². The Kier molecular flexibility index (Phi) is 6.49. The van der Waals surface area contributed by atoms with Crippen LogP contribution in [0, 0.1) is 0 Å². The maximum Gasteiger partial charge on any atom is 0.190 e. The van der Waals surface area contributed by atoms with Crippen molar-refractivity contribution in [1.29, 1.82) is 0 Å². The molecule has 4 nitrogen and oxygen atoms in total. The molecule has 0 fully saturated rings. The van der Waals surface area contributed by atoms with E-state index in [1.54, 1.807) is 11.8 Å². The maximum atomic E-state index is 5.54. The van der Waals surface area contributed by atoms with Gasteiger partial charge in [0, 0.05) is 12.8 Å². The molecule has 0 amide bonds. The van der Waals surface area contributed by atoms with E-state index in [1.807, 2.05) is 11.6 Å². The van der Waals surface area contributed by atoms with E-state index in [9.17, 15) is 0 Å². The van der Waals surface area contributed by atoms with Crippen LogP contribution in [0.4, 0.5) is 0 Å². The zero-order valence-corrected chi connectivity index (χ0v) is 11.1. The van der Waals surface area contributed by atoms with Gasteiger partial charge in [-0.1, -0.05) is 44.4 Å². The third-order valence-corrected chi connectivity index (χ3v) is 3.69. The van der Waals surface area contributed by atoms with E-state index in [0.717, 1.165) is 16.7 Å². The van der Waals surface area contributed by atoms with Crippen molar-refractivity contribution in [3.05, 3.63) is 5.82 Å². The Morgan fingerprint density at radius 3 is 2.56 bits per heavy atom. The normalized spacial score (nSPS) is 10.9. The first kappa shape index (κ1) is 13.5. The molecule has 0 unspecified atom stereocenters. The summed E-state index contributed by atoms with van der Waals surface area (Å²) in [5.41, 5.74) is 5.54. The van der Waals surface area contributed by atoms with E-state index in [2.05, 4.69) is 17.1 Å². The number of thioether (sulfide) groups is 1. The predicted molar refractivity (Wildman–Crippen MR) is 68.4 cm³/mol. The van der Waals surface area contributed by atoms with Gasteiger partial charge in [-0.15, -0.1) is 10.2 Å². The molecular formula is C11H22N4S. The van der Waals surface area contributed by atoms with Gasteiger partial charge in [-0.2, -0.15) is 0 Å². The summed E-state index contributed by atoms with van der Waals surface area (Å²) >= 11 is 1.78. The first-order valence-corrected chi connectivity index (χ1v) is 6.99. The topological polar surface area (TPSA) is 56.7 Å². The minimum absolute atomic E-state index is 0.459. The third-order valence-electron chi connectivity index (χ3n) is 2.59. The number of aromatic nitrogens is 3. The Bertz CT molecular complexity index is 298. The summed E-state index contributed by atoms with van der Waals surface area (Å²) < 4.78 is 1.98. The summed E-state index contributed by atoms with van der Waals surface area (Å²) in [5, 5.41) is 9.13. The van der Waals surface area contributed by atoms with Gasteiger partial charge in [-0.25, -0.2) is 0 Å². The number of unbranched alkanes of at least 4 members (excludes halogenated alkanes) is 4. The highest BCUT2D eigenvalue weighted by molar-refractivity contribution is 7.99. The lowest BCUT2D eigenvalue weighted by molar-refractivity contribution is 0.658. The summed E-state index contributed by atoms with van der Waals surface area (Å²) in [6.07, 6.45) is 6.59. The van der Waals surface area contributed by atoms with Crippen molar-refractivity contribution in [2.45, 2.75) is 50.7 Å². The summed E-state index contributed by atoms with van der Waals surface area (Å²) in [7, 11) is 1.97. The molecule has 0 atom stereocenters. The minimum Gasteiger partial charge on any atom is -0.324 e. The Balaban J connectivity index is 2.19. The van der Waals surface area contributed by atoms with Crippen LogP contribution < -0.4 is 5.73 Å². The van der Waals surface area contributed by atoms with Gasteiger partial charge in [-0.05, 0) is 6.42 Å². The van der Waals surface area contributed by atoms with Crippen molar-refractivity contribution in [3.8, 4) is 0 Å². The first-order chi connectivity index (χ1) is 7.79. The van der Waals surface area contributed by atoms with Gasteiger partial charge in [0.2, 0.25) is 0 Å². The van der Waals surface area contributed by atoms with E-state index in [4.69, 9.17) is 5.73 Å². The van der Waals surface area contributed by atoms with E-state index in [-0.39, 0.29) is 0 Å². The summed E-state index contributed by atoms with van der Waals surface area (Å²) in [6, 6.07) is 0. The van der Waals surface area contributed by atoms with Gasteiger partial charge < -0.3 is 10.3 Å². The largest absolute Gasteiger partial charge is 0.324 e. The molecule has 1 heterocycles. The molecular weight excluding hydrogens is 220 g/mol. The molecule has 0 aliphatic heterocycles. The summed E-state index contributed by atoms with van der Waals surface area (Å²) in [5.74, 6) is 1.98. The number of hydrogen-bond acceptors (Lipinski definition) is 4. The molecule has 0 radical (unpaired) electrons. The molecule has 5 heteroatoms. The van der Waals surface area contributed by atoms with E-state index in [0.29, 0.717) is 6.54 Å². The highest BCUT2D eigenvalue weighted by Gasteiger charge is 2.06. The molecule has 2 N–H and O–H groups in total. The molecule has 0 spiro atoms. The Morgan fingerprint density at radius 1 is 1.19 bits per heavy atom. The second kappa shape index (κ2) is 7.68. The van der Waals surface area contributed by atoms with Gasteiger partial charge in [0.25, 0.3) is 0 Å².